The number of aliphatic hydroxyl groups excluding tert-OH is 1. The van der Waals surface area contributed by atoms with Crippen molar-refractivity contribution in [3.8, 4) is 0 Å². The van der Waals surface area contributed by atoms with Gasteiger partial charge >= 0.3 is 0 Å². The Hall–Kier alpha value is -0.0800. The number of hydrogen-bond acceptors (Lipinski definition) is 2. The second-order valence-corrected chi connectivity index (χ2v) is 25.2. The van der Waals surface area contributed by atoms with Crippen LogP contribution in [0.25, 0.3) is 0 Å². The topological polar surface area (TPSA) is 29.5 Å². The Morgan fingerprint density at radius 1 is 0.176 bits per heavy atom. The van der Waals surface area contributed by atoms with E-state index in [1.54, 1.807) is 6.92 Å². The van der Waals surface area contributed by atoms with Gasteiger partial charge in [0.1, 0.15) is 0 Å². The zero-order valence-electron chi connectivity index (χ0n) is 52.2. The van der Waals surface area contributed by atoms with Crippen LogP contribution in [-0.2, 0) is 4.74 Å². The van der Waals surface area contributed by atoms with E-state index in [0.29, 0.717) is 6.61 Å². The smallest absolute Gasteiger partial charge is 0.151 e. The van der Waals surface area contributed by atoms with E-state index in [2.05, 4.69) is 6.92 Å². The summed E-state index contributed by atoms with van der Waals surface area (Å²) in [5.41, 5.74) is 0. The van der Waals surface area contributed by atoms with E-state index < -0.39 is 6.29 Å². The standard InChI is InChI=1S/C72H146O2/c1-3-4-5-6-7-8-9-10-11-12-13-14-15-16-17-18-19-20-21-22-23-24-25-26-27-28-29-30-31-32-33-34-35-36-37-38-39-40-41-42-43-44-45-46-47-48-49-50-51-52-53-54-55-56-57-58-59-60-61-62-63-64-65-66-67-68-69-70-71-74-72(2)73/h72-73H,3-71H2,1-2H3. The molecule has 1 N–H and O–H groups in total. The summed E-state index contributed by atoms with van der Waals surface area (Å²) in [6.45, 7) is 4.71. The van der Waals surface area contributed by atoms with Crippen LogP contribution in [0.1, 0.15) is 450 Å². The molecular formula is C72H146O2. The lowest BCUT2D eigenvalue weighted by atomic mass is 10.0. The molecule has 0 aromatic rings. The predicted molar refractivity (Wildman–Crippen MR) is 337 cm³/mol. The maximum Gasteiger partial charge on any atom is 0.151 e. The van der Waals surface area contributed by atoms with Crippen molar-refractivity contribution in [1.29, 1.82) is 0 Å². The normalized spacial score (nSPS) is 12.2. The molecule has 0 fully saturated rings. The van der Waals surface area contributed by atoms with Gasteiger partial charge in [0.15, 0.2) is 6.29 Å². The van der Waals surface area contributed by atoms with Crippen molar-refractivity contribution in [1.82, 2.24) is 0 Å². The summed E-state index contributed by atoms with van der Waals surface area (Å²) >= 11 is 0. The Kier molecular flexibility index (Phi) is 70.9. The lowest BCUT2D eigenvalue weighted by Gasteiger charge is -2.06. The first kappa shape index (κ1) is 73.9. The van der Waals surface area contributed by atoms with Crippen molar-refractivity contribution in [2.45, 2.75) is 457 Å². The van der Waals surface area contributed by atoms with Gasteiger partial charge in [-0.25, -0.2) is 0 Å². The maximum absolute atomic E-state index is 9.10. The molecule has 0 heterocycles. The lowest BCUT2D eigenvalue weighted by molar-refractivity contribution is -0.0859. The molecule has 0 aromatic heterocycles. The van der Waals surface area contributed by atoms with Crippen LogP contribution in [0.15, 0.2) is 0 Å². The summed E-state index contributed by atoms with van der Waals surface area (Å²) in [7, 11) is 0. The summed E-state index contributed by atoms with van der Waals surface area (Å²) in [6.07, 6.45) is 99.3. The van der Waals surface area contributed by atoms with E-state index >= 15 is 0 Å². The first-order valence-electron chi connectivity index (χ1n) is 36.1. The van der Waals surface area contributed by atoms with Gasteiger partial charge in [-0.3, -0.25) is 0 Å². The quantitative estimate of drug-likeness (QED) is 0.0486. The minimum Gasteiger partial charge on any atom is -0.368 e. The first-order valence-corrected chi connectivity index (χ1v) is 36.1. The lowest BCUT2D eigenvalue weighted by Crippen LogP contribution is -2.06. The van der Waals surface area contributed by atoms with Crippen molar-refractivity contribution in [3.63, 3.8) is 0 Å². The Morgan fingerprint density at radius 2 is 0.270 bits per heavy atom. The van der Waals surface area contributed by atoms with Crippen molar-refractivity contribution in [2.24, 2.45) is 0 Å². The third kappa shape index (κ3) is 71.9. The van der Waals surface area contributed by atoms with Gasteiger partial charge in [-0.2, -0.15) is 0 Å². The van der Waals surface area contributed by atoms with Gasteiger partial charge in [0.2, 0.25) is 0 Å². The molecule has 1 unspecified atom stereocenters. The second-order valence-electron chi connectivity index (χ2n) is 25.2. The number of ether oxygens (including phenoxy) is 1. The third-order valence-corrected chi connectivity index (χ3v) is 17.4. The van der Waals surface area contributed by atoms with Gasteiger partial charge in [-0.1, -0.05) is 437 Å². The van der Waals surface area contributed by atoms with E-state index in [9.17, 15) is 0 Å². The maximum atomic E-state index is 9.10. The minimum atomic E-state index is -0.605. The van der Waals surface area contributed by atoms with Crippen LogP contribution in [-0.4, -0.2) is 18.0 Å². The summed E-state index contributed by atoms with van der Waals surface area (Å²) < 4.78 is 5.19. The molecule has 0 aliphatic rings. The number of aliphatic hydroxyl groups is 1. The summed E-state index contributed by atoms with van der Waals surface area (Å²) in [5, 5.41) is 9.10. The van der Waals surface area contributed by atoms with Gasteiger partial charge in [0.05, 0.1) is 0 Å². The monoisotopic (exact) mass is 1040 g/mol. The number of rotatable bonds is 70. The molecule has 0 radical (unpaired) electrons. The van der Waals surface area contributed by atoms with Gasteiger partial charge in [-0.15, -0.1) is 0 Å². The van der Waals surface area contributed by atoms with Crippen molar-refractivity contribution in [3.05, 3.63) is 0 Å². The fraction of sp³-hybridized carbons (Fsp3) is 1.00. The molecule has 0 saturated heterocycles. The predicted octanol–water partition coefficient (Wildman–Crippen LogP) is 26.9. The van der Waals surface area contributed by atoms with Crippen LogP contribution in [0.4, 0.5) is 0 Å². The Bertz CT molecular complexity index is 915. The van der Waals surface area contributed by atoms with Crippen LogP contribution >= 0.6 is 0 Å². The second kappa shape index (κ2) is 70.9. The molecule has 0 saturated carbocycles. The Labute approximate surface area is 471 Å². The molecule has 0 bridgehead atoms. The molecule has 0 aliphatic heterocycles. The molecule has 0 aliphatic carbocycles. The zero-order valence-corrected chi connectivity index (χ0v) is 52.2. The van der Waals surface area contributed by atoms with Crippen LogP contribution in [0, 0.1) is 0 Å². The highest BCUT2D eigenvalue weighted by molar-refractivity contribution is 4.57. The molecule has 74 heavy (non-hydrogen) atoms. The van der Waals surface area contributed by atoms with E-state index in [-0.39, 0.29) is 0 Å². The SMILES string of the molecule is CCCCCCCCCCCCCCCCCCCCCCCCCCCCCCCCCCCCCCCCCCCCCCCCCCCCCCCCCCCCCCCCCCCCCCOC(C)O. The number of hydrogen-bond donors (Lipinski definition) is 1. The molecular weight excluding hydrogens is 897 g/mol. The summed E-state index contributed by atoms with van der Waals surface area (Å²) in [5.74, 6) is 0. The summed E-state index contributed by atoms with van der Waals surface area (Å²) in [4.78, 5) is 0. The van der Waals surface area contributed by atoms with Crippen LogP contribution in [0.3, 0.4) is 0 Å². The van der Waals surface area contributed by atoms with E-state index in [0.717, 1.165) is 6.42 Å². The zero-order chi connectivity index (χ0) is 53.1. The van der Waals surface area contributed by atoms with Gasteiger partial charge in [0.25, 0.3) is 0 Å². The molecule has 0 amide bonds. The minimum absolute atomic E-state index is 0.605. The van der Waals surface area contributed by atoms with E-state index in [1.165, 1.54) is 430 Å². The van der Waals surface area contributed by atoms with E-state index in [1.807, 2.05) is 0 Å². The van der Waals surface area contributed by atoms with Crippen molar-refractivity contribution < 1.29 is 9.84 Å². The van der Waals surface area contributed by atoms with Gasteiger partial charge in [0, 0.05) is 6.61 Å². The fourth-order valence-electron chi connectivity index (χ4n) is 12.1. The largest absolute Gasteiger partial charge is 0.368 e. The highest BCUT2D eigenvalue weighted by Crippen LogP contribution is 2.21. The van der Waals surface area contributed by atoms with Crippen LogP contribution < -0.4 is 0 Å². The molecule has 1 atom stereocenters. The fourth-order valence-corrected chi connectivity index (χ4v) is 12.1. The average molecular weight is 1040 g/mol. The van der Waals surface area contributed by atoms with Crippen molar-refractivity contribution in [2.75, 3.05) is 6.61 Å². The van der Waals surface area contributed by atoms with Crippen LogP contribution in [0.2, 0.25) is 0 Å². The number of unbranched alkanes of at least 4 members (excludes halogenated alkanes) is 67. The van der Waals surface area contributed by atoms with E-state index in [4.69, 9.17) is 9.84 Å². The first-order chi connectivity index (χ1) is 36.8. The molecule has 2 heteroatoms. The Balaban J connectivity index is 3.08. The highest BCUT2D eigenvalue weighted by atomic mass is 16.6. The average Bonchev–Trinajstić information content (AvgIpc) is 3.40. The molecule has 446 valence electrons. The molecule has 0 aromatic carbocycles. The van der Waals surface area contributed by atoms with Crippen LogP contribution in [0.5, 0.6) is 0 Å². The third-order valence-electron chi connectivity index (χ3n) is 17.4. The molecule has 0 spiro atoms. The highest BCUT2D eigenvalue weighted by Gasteiger charge is 2.01. The van der Waals surface area contributed by atoms with Gasteiger partial charge < -0.3 is 9.84 Å². The van der Waals surface area contributed by atoms with Gasteiger partial charge in [-0.05, 0) is 13.3 Å². The molecule has 2 nitrogen and oxygen atoms in total. The Morgan fingerprint density at radius 3 is 0.365 bits per heavy atom. The summed E-state index contributed by atoms with van der Waals surface area (Å²) in [6, 6.07) is 0. The van der Waals surface area contributed by atoms with Crippen molar-refractivity contribution >= 4 is 0 Å². The molecule has 0 rings (SSSR count).